The molecule has 0 aromatic carbocycles. The van der Waals surface area contributed by atoms with Gasteiger partial charge in [0.05, 0.1) is 5.75 Å². The molecule has 1 rings (SSSR count). The van der Waals surface area contributed by atoms with Gasteiger partial charge in [-0.1, -0.05) is 0 Å². The van der Waals surface area contributed by atoms with Gasteiger partial charge in [0.1, 0.15) is 5.69 Å². The first-order valence-corrected chi connectivity index (χ1v) is 6.44. The van der Waals surface area contributed by atoms with Gasteiger partial charge in [0, 0.05) is 18.4 Å². The predicted molar refractivity (Wildman–Crippen MR) is 62.5 cm³/mol. The summed E-state index contributed by atoms with van der Waals surface area (Å²) in [6.45, 7) is 0.187. The van der Waals surface area contributed by atoms with Crippen molar-refractivity contribution in [2.24, 2.45) is 0 Å². The molecule has 0 bridgehead atoms. The standard InChI is InChI=1S/C9H13N3O4S/c1-10-17(15,16)5-4-11-7-2-3-12-8(6-7)9(13)14/h2-3,6,10H,4-5H2,1H3,(H,11,12)(H,13,14). The molecule has 0 amide bonds. The Labute approximate surface area is 98.9 Å². The van der Waals surface area contributed by atoms with Gasteiger partial charge in [-0.05, 0) is 19.2 Å². The van der Waals surface area contributed by atoms with Crippen LogP contribution in [0.25, 0.3) is 0 Å². The van der Waals surface area contributed by atoms with Crippen molar-refractivity contribution >= 4 is 21.7 Å². The number of hydrogen-bond acceptors (Lipinski definition) is 5. The number of nitrogens with zero attached hydrogens (tertiary/aromatic N) is 1. The van der Waals surface area contributed by atoms with Crippen molar-refractivity contribution in [2.45, 2.75) is 0 Å². The van der Waals surface area contributed by atoms with Gasteiger partial charge in [-0.2, -0.15) is 0 Å². The highest BCUT2D eigenvalue weighted by molar-refractivity contribution is 7.89. The molecule has 0 saturated heterocycles. The molecule has 0 atom stereocenters. The molecule has 7 nitrogen and oxygen atoms in total. The van der Waals surface area contributed by atoms with Crippen molar-refractivity contribution in [1.29, 1.82) is 0 Å². The highest BCUT2D eigenvalue weighted by Gasteiger charge is 2.07. The Bertz CT molecular complexity index is 501. The molecule has 0 radical (unpaired) electrons. The molecule has 1 aromatic rings. The van der Waals surface area contributed by atoms with Crippen LogP contribution in [0, 0.1) is 0 Å². The number of anilines is 1. The minimum Gasteiger partial charge on any atom is -0.477 e. The van der Waals surface area contributed by atoms with Gasteiger partial charge in [0.25, 0.3) is 0 Å². The van der Waals surface area contributed by atoms with Crippen LogP contribution in [0.4, 0.5) is 5.69 Å². The molecule has 8 heteroatoms. The lowest BCUT2D eigenvalue weighted by molar-refractivity contribution is 0.0690. The van der Waals surface area contributed by atoms with Crippen LogP contribution in [0.2, 0.25) is 0 Å². The number of aromatic nitrogens is 1. The van der Waals surface area contributed by atoms with Gasteiger partial charge in [-0.3, -0.25) is 0 Å². The molecule has 94 valence electrons. The average molecular weight is 259 g/mol. The van der Waals surface area contributed by atoms with Gasteiger partial charge >= 0.3 is 5.97 Å². The van der Waals surface area contributed by atoms with Crippen molar-refractivity contribution in [2.75, 3.05) is 24.7 Å². The van der Waals surface area contributed by atoms with Crippen LogP contribution in [0.5, 0.6) is 0 Å². The second kappa shape index (κ2) is 5.60. The van der Waals surface area contributed by atoms with E-state index in [-0.39, 0.29) is 18.0 Å². The molecule has 0 unspecified atom stereocenters. The van der Waals surface area contributed by atoms with Crippen molar-refractivity contribution in [3.05, 3.63) is 24.0 Å². The summed E-state index contributed by atoms with van der Waals surface area (Å²) < 4.78 is 24.4. The van der Waals surface area contributed by atoms with Crippen LogP contribution < -0.4 is 10.0 Å². The van der Waals surface area contributed by atoms with E-state index in [4.69, 9.17) is 5.11 Å². The first kappa shape index (κ1) is 13.4. The van der Waals surface area contributed by atoms with Crippen molar-refractivity contribution in [1.82, 2.24) is 9.71 Å². The van der Waals surface area contributed by atoms with E-state index in [1.807, 2.05) is 0 Å². The van der Waals surface area contributed by atoms with Gasteiger partial charge < -0.3 is 10.4 Å². The van der Waals surface area contributed by atoms with E-state index in [9.17, 15) is 13.2 Å². The number of rotatable bonds is 6. The van der Waals surface area contributed by atoms with Gasteiger partial charge in [-0.15, -0.1) is 0 Å². The molecule has 0 aliphatic heterocycles. The van der Waals surface area contributed by atoms with Crippen LogP contribution in [-0.2, 0) is 10.0 Å². The number of nitrogens with one attached hydrogen (secondary N) is 2. The van der Waals surface area contributed by atoms with E-state index in [1.165, 1.54) is 19.3 Å². The third kappa shape index (κ3) is 4.37. The number of aromatic carboxylic acids is 1. The Morgan fingerprint density at radius 2 is 2.24 bits per heavy atom. The highest BCUT2D eigenvalue weighted by Crippen LogP contribution is 2.07. The van der Waals surface area contributed by atoms with Gasteiger partial charge in [-0.25, -0.2) is 22.9 Å². The van der Waals surface area contributed by atoms with E-state index < -0.39 is 16.0 Å². The Morgan fingerprint density at radius 3 is 2.82 bits per heavy atom. The summed E-state index contributed by atoms with van der Waals surface area (Å²) in [6, 6.07) is 2.91. The maximum atomic E-state index is 11.1. The molecule has 17 heavy (non-hydrogen) atoms. The molecule has 1 aromatic heterocycles. The van der Waals surface area contributed by atoms with Crippen LogP contribution in [0.15, 0.2) is 18.3 Å². The van der Waals surface area contributed by atoms with Crippen molar-refractivity contribution in [3.63, 3.8) is 0 Å². The fraction of sp³-hybridized carbons (Fsp3) is 0.333. The Hall–Kier alpha value is -1.67. The zero-order valence-corrected chi connectivity index (χ0v) is 9.99. The van der Waals surface area contributed by atoms with Crippen LogP contribution in [0.3, 0.4) is 0 Å². The summed E-state index contributed by atoms with van der Waals surface area (Å²) in [5.74, 6) is -1.22. The van der Waals surface area contributed by atoms with E-state index in [0.29, 0.717) is 5.69 Å². The zero-order chi connectivity index (χ0) is 12.9. The normalized spacial score (nSPS) is 11.1. The monoisotopic (exact) mass is 259 g/mol. The van der Waals surface area contributed by atoms with Crippen LogP contribution in [0.1, 0.15) is 10.5 Å². The van der Waals surface area contributed by atoms with Crippen LogP contribution in [-0.4, -0.2) is 43.8 Å². The lowest BCUT2D eigenvalue weighted by Crippen LogP contribution is -2.26. The number of pyridine rings is 1. The SMILES string of the molecule is CNS(=O)(=O)CCNc1ccnc(C(=O)O)c1. The fourth-order valence-corrected chi connectivity index (χ4v) is 1.66. The Balaban J connectivity index is 2.58. The highest BCUT2D eigenvalue weighted by atomic mass is 32.2. The fourth-order valence-electron chi connectivity index (χ4n) is 1.09. The van der Waals surface area contributed by atoms with Crippen molar-refractivity contribution < 1.29 is 18.3 Å². The summed E-state index contributed by atoms with van der Waals surface area (Å²) in [7, 11) is -1.92. The number of sulfonamides is 1. The number of hydrogen-bond donors (Lipinski definition) is 3. The molecule has 0 spiro atoms. The van der Waals surface area contributed by atoms with Crippen molar-refractivity contribution in [3.8, 4) is 0 Å². The molecule has 0 aliphatic carbocycles. The van der Waals surface area contributed by atoms with Crippen LogP contribution >= 0.6 is 0 Å². The summed E-state index contributed by atoms with van der Waals surface area (Å²) in [5.41, 5.74) is 0.426. The minimum absolute atomic E-state index is 0.0891. The molecule has 0 fully saturated rings. The van der Waals surface area contributed by atoms with E-state index >= 15 is 0 Å². The third-order valence-electron chi connectivity index (χ3n) is 1.99. The lowest BCUT2D eigenvalue weighted by atomic mass is 10.3. The van der Waals surface area contributed by atoms with Gasteiger partial charge in [0.15, 0.2) is 0 Å². The Morgan fingerprint density at radius 1 is 1.53 bits per heavy atom. The van der Waals surface area contributed by atoms with E-state index in [2.05, 4.69) is 15.0 Å². The maximum absolute atomic E-state index is 11.1. The molecule has 1 heterocycles. The summed E-state index contributed by atoms with van der Waals surface area (Å²) in [4.78, 5) is 14.3. The topological polar surface area (TPSA) is 108 Å². The van der Waals surface area contributed by atoms with E-state index in [1.54, 1.807) is 6.07 Å². The molecule has 0 aliphatic rings. The summed E-state index contributed by atoms with van der Waals surface area (Å²) in [5, 5.41) is 11.5. The second-order valence-electron chi connectivity index (χ2n) is 3.18. The average Bonchev–Trinajstić information content (AvgIpc) is 2.29. The number of carbonyl (C=O) groups is 1. The number of carboxylic acid groups (broad SMARTS) is 1. The first-order valence-electron chi connectivity index (χ1n) is 4.79. The zero-order valence-electron chi connectivity index (χ0n) is 9.17. The molecular weight excluding hydrogens is 246 g/mol. The van der Waals surface area contributed by atoms with Gasteiger partial charge in [0.2, 0.25) is 10.0 Å². The minimum atomic E-state index is -3.26. The molecule has 3 N–H and O–H groups in total. The van der Waals surface area contributed by atoms with E-state index in [0.717, 1.165) is 0 Å². The first-order chi connectivity index (χ1) is 7.94. The smallest absolute Gasteiger partial charge is 0.354 e. The molecule has 0 saturated carbocycles. The maximum Gasteiger partial charge on any atom is 0.354 e. The Kier molecular flexibility index (Phi) is 4.41. The predicted octanol–water partition coefficient (Wildman–Crippen LogP) is -0.259. The largest absolute Gasteiger partial charge is 0.477 e. The molecular formula is C9H13N3O4S. The third-order valence-corrected chi connectivity index (χ3v) is 3.35. The number of carboxylic acids is 1. The summed E-state index contributed by atoms with van der Waals surface area (Å²) in [6.07, 6.45) is 1.35. The quantitative estimate of drug-likeness (QED) is 0.649. The second-order valence-corrected chi connectivity index (χ2v) is 5.23. The lowest BCUT2D eigenvalue weighted by Gasteiger charge is -2.06. The summed E-state index contributed by atoms with van der Waals surface area (Å²) >= 11 is 0.